The van der Waals surface area contributed by atoms with Gasteiger partial charge in [0.15, 0.2) is 0 Å². The normalized spacial score (nSPS) is 15.7. The van der Waals surface area contributed by atoms with Gasteiger partial charge in [-0.1, -0.05) is 0 Å². The maximum absolute atomic E-state index is 11.8. The van der Waals surface area contributed by atoms with Crippen LogP contribution < -0.4 is 11.3 Å². The van der Waals surface area contributed by atoms with E-state index in [4.69, 9.17) is 10.8 Å². The van der Waals surface area contributed by atoms with Crippen LogP contribution in [0, 0.1) is 5.92 Å². The number of amides is 1. The fourth-order valence-electron chi connectivity index (χ4n) is 1.81. The first-order chi connectivity index (χ1) is 8.10. The minimum Gasteiger partial charge on any atom is -0.398 e. The van der Waals surface area contributed by atoms with Crippen molar-refractivity contribution in [3.05, 3.63) is 28.7 Å². The standard InChI is InChI=1S/C11H15N3O3/c12-9-1-2-10(16)14(5-9)6-11(17)13-3-8(4-13)7-15/h1-2,5,8,15H,3-4,6-7,12H2. The van der Waals surface area contributed by atoms with Crippen LogP contribution in [0.3, 0.4) is 0 Å². The number of carbonyl (C=O) groups is 1. The van der Waals surface area contributed by atoms with Gasteiger partial charge in [0.05, 0.1) is 0 Å². The van der Waals surface area contributed by atoms with Gasteiger partial charge in [0, 0.05) is 43.6 Å². The van der Waals surface area contributed by atoms with Gasteiger partial charge < -0.3 is 20.3 Å². The van der Waals surface area contributed by atoms with Crippen LogP contribution in [0.25, 0.3) is 0 Å². The summed E-state index contributed by atoms with van der Waals surface area (Å²) >= 11 is 0. The van der Waals surface area contributed by atoms with Crippen molar-refractivity contribution in [2.45, 2.75) is 6.54 Å². The van der Waals surface area contributed by atoms with Gasteiger partial charge in [-0.25, -0.2) is 0 Å². The first-order valence-corrected chi connectivity index (χ1v) is 5.44. The molecule has 3 N–H and O–H groups in total. The fourth-order valence-corrected chi connectivity index (χ4v) is 1.81. The molecule has 6 heteroatoms. The van der Waals surface area contributed by atoms with Crippen LogP contribution in [0.2, 0.25) is 0 Å². The molecule has 1 aromatic rings. The Morgan fingerprint density at radius 3 is 2.82 bits per heavy atom. The first-order valence-electron chi connectivity index (χ1n) is 5.44. The predicted octanol–water partition coefficient (Wildman–Crippen LogP) is -1.12. The number of nitrogens with two attached hydrogens (primary N) is 1. The van der Waals surface area contributed by atoms with Crippen LogP contribution in [-0.2, 0) is 11.3 Å². The molecule has 1 amide bonds. The number of aliphatic hydroxyl groups excluding tert-OH is 1. The number of nitrogens with zero attached hydrogens (tertiary/aromatic N) is 2. The fraction of sp³-hybridized carbons (Fsp3) is 0.455. The van der Waals surface area contributed by atoms with Crippen molar-refractivity contribution in [2.75, 3.05) is 25.4 Å². The number of pyridine rings is 1. The molecule has 1 aromatic heterocycles. The highest BCUT2D eigenvalue weighted by molar-refractivity contribution is 5.76. The number of nitrogen functional groups attached to an aromatic ring is 1. The number of likely N-dealkylation sites (tertiary alicyclic amines) is 1. The number of rotatable bonds is 3. The van der Waals surface area contributed by atoms with Gasteiger partial charge in [0.2, 0.25) is 5.91 Å². The predicted molar refractivity (Wildman–Crippen MR) is 62.3 cm³/mol. The van der Waals surface area contributed by atoms with Crippen molar-refractivity contribution in [3.63, 3.8) is 0 Å². The number of hydrogen-bond acceptors (Lipinski definition) is 4. The van der Waals surface area contributed by atoms with Gasteiger partial charge in [-0.2, -0.15) is 0 Å². The zero-order valence-electron chi connectivity index (χ0n) is 9.37. The molecule has 1 aliphatic rings. The van der Waals surface area contributed by atoms with Gasteiger partial charge in [-0.05, 0) is 6.07 Å². The second-order valence-corrected chi connectivity index (χ2v) is 4.28. The number of hydrogen-bond donors (Lipinski definition) is 2. The molecule has 0 aromatic carbocycles. The zero-order valence-corrected chi connectivity index (χ0v) is 9.37. The Balaban J connectivity index is 1.99. The quantitative estimate of drug-likeness (QED) is 0.697. The topological polar surface area (TPSA) is 88.6 Å². The summed E-state index contributed by atoms with van der Waals surface area (Å²) in [4.78, 5) is 24.8. The average Bonchev–Trinajstić information content (AvgIpc) is 2.22. The second-order valence-electron chi connectivity index (χ2n) is 4.28. The smallest absolute Gasteiger partial charge is 0.251 e. The van der Waals surface area contributed by atoms with E-state index >= 15 is 0 Å². The van der Waals surface area contributed by atoms with Crippen molar-refractivity contribution in [2.24, 2.45) is 5.92 Å². The number of anilines is 1. The third-order valence-corrected chi connectivity index (χ3v) is 2.88. The summed E-state index contributed by atoms with van der Waals surface area (Å²) in [7, 11) is 0. The Bertz CT molecular complexity index is 477. The van der Waals surface area contributed by atoms with Crippen LogP contribution in [0.4, 0.5) is 5.69 Å². The van der Waals surface area contributed by atoms with E-state index in [0.717, 1.165) is 0 Å². The lowest BCUT2D eigenvalue weighted by molar-refractivity contribution is -0.139. The van der Waals surface area contributed by atoms with Crippen LogP contribution in [0.1, 0.15) is 0 Å². The molecule has 17 heavy (non-hydrogen) atoms. The summed E-state index contributed by atoms with van der Waals surface area (Å²) in [5, 5.41) is 8.85. The minimum absolute atomic E-state index is 0.00201. The highest BCUT2D eigenvalue weighted by atomic mass is 16.3. The lowest BCUT2D eigenvalue weighted by Gasteiger charge is -2.38. The Morgan fingerprint density at radius 2 is 2.18 bits per heavy atom. The molecule has 1 aliphatic heterocycles. The lowest BCUT2D eigenvalue weighted by Crippen LogP contribution is -2.52. The van der Waals surface area contributed by atoms with E-state index in [1.165, 1.54) is 22.9 Å². The van der Waals surface area contributed by atoms with Gasteiger partial charge in [0.25, 0.3) is 5.56 Å². The van der Waals surface area contributed by atoms with Crippen molar-refractivity contribution in [1.82, 2.24) is 9.47 Å². The molecule has 1 fully saturated rings. The summed E-state index contributed by atoms with van der Waals surface area (Å²) < 4.78 is 1.30. The summed E-state index contributed by atoms with van der Waals surface area (Å²) in [5.41, 5.74) is 5.76. The van der Waals surface area contributed by atoms with E-state index in [2.05, 4.69) is 0 Å². The molecule has 92 valence electrons. The largest absolute Gasteiger partial charge is 0.398 e. The molecule has 1 saturated heterocycles. The van der Waals surface area contributed by atoms with E-state index in [1.54, 1.807) is 4.90 Å². The van der Waals surface area contributed by atoms with Crippen LogP contribution >= 0.6 is 0 Å². The minimum atomic E-state index is -0.244. The van der Waals surface area contributed by atoms with Crippen LogP contribution in [0.5, 0.6) is 0 Å². The molecular formula is C11H15N3O3. The monoisotopic (exact) mass is 237 g/mol. The number of aromatic nitrogens is 1. The van der Waals surface area contributed by atoms with E-state index in [0.29, 0.717) is 18.8 Å². The second kappa shape index (κ2) is 4.58. The van der Waals surface area contributed by atoms with Gasteiger partial charge in [0.1, 0.15) is 6.54 Å². The molecule has 0 aliphatic carbocycles. The molecule has 0 spiro atoms. The van der Waals surface area contributed by atoms with E-state index < -0.39 is 0 Å². The third-order valence-electron chi connectivity index (χ3n) is 2.88. The SMILES string of the molecule is Nc1ccc(=O)n(CC(=O)N2CC(CO)C2)c1. The maximum Gasteiger partial charge on any atom is 0.251 e. The van der Waals surface area contributed by atoms with Gasteiger partial charge in [-0.3, -0.25) is 9.59 Å². The lowest BCUT2D eigenvalue weighted by atomic mass is 10.0. The molecule has 0 unspecified atom stereocenters. The Hall–Kier alpha value is -1.82. The summed E-state index contributed by atoms with van der Waals surface area (Å²) in [6, 6.07) is 2.85. The molecule has 0 radical (unpaired) electrons. The van der Waals surface area contributed by atoms with Crippen molar-refractivity contribution in [1.29, 1.82) is 0 Å². The highest BCUT2D eigenvalue weighted by Gasteiger charge is 2.29. The summed E-state index contributed by atoms with van der Waals surface area (Å²) in [6.07, 6.45) is 1.46. The first kappa shape index (κ1) is 11.7. The molecular weight excluding hydrogens is 222 g/mol. The summed E-state index contributed by atoms with van der Waals surface area (Å²) in [6.45, 7) is 1.23. The molecule has 2 rings (SSSR count). The molecule has 0 bridgehead atoms. The van der Waals surface area contributed by atoms with Gasteiger partial charge >= 0.3 is 0 Å². The molecule has 0 saturated carbocycles. The van der Waals surface area contributed by atoms with E-state index in [-0.39, 0.29) is 30.5 Å². The maximum atomic E-state index is 11.8. The average molecular weight is 237 g/mol. The Morgan fingerprint density at radius 1 is 1.47 bits per heavy atom. The van der Waals surface area contributed by atoms with Crippen molar-refractivity contribution < 1.29 is 9.90 Å². The van der Waals surface area contributed by atoms with Gasteiger partial charge in [-0.15, -0.1) is 0 Å². The zero-order chi connectivity index (χ0) is 12.4. The summed E-state index contributed by atoms with van der Waals surface area (Å²) in [5.74, 6) is 0.0546. The van der Waals surface area contributed by atoms with E-state index in [1.807, 2.05) is 0 Å². The highest BCUT2D eigenvalue weighted by Crippen LogP contribution is 2.14. The van der Waals surface area contributed by atoms with Crippen LogP contribution in [0.15, 0.2) is 23.1 Å². The third kappa shape index (κ3) is 2.47. The number of aliphatic hydroxyl groups is 1. The molecule has 6 nitrogen and oxygen atoms in total. The van der Waals surface area contributed by atoms with Crippen molar-refractivity contribution >= 4 is 11.6 Å². The molecule has 2 heterocycles. The van der Waals surface area contributed by atoms with Crippen LogP contribution in [-0.4, -0.2) is 40.2 Å². The number of carbonyl (C=O) groups excluding carboxylic acids is 1. The Kier molecular flexibility index (Phi) is 3.14. The van der Waals surface area contributed by atoms with Crippen molar-refractivity contribution in [3.8, 4) is 0 Å². The van der Waals surface area contributed by atoms with E-state index in [9.17, 15) is 9.59 Å². The Labute approximate surface area is 98.3 Å². The molecule has 0 atom stereocenters.